The number of hydrogen-bond acceptors (Lipinski definition) is 1. The summed E-state index contributed by atoms with van der Waals surface area (Å²) >= 11 is 0. The Labute approximate surface area is 139 Å². The lowest BCUT2D eigenvalue weighted by Crippen LogP contribution is -2.52. The topological polar surface area (TPSA) is 20.2 Å². The normalized spacial score (nSPS) is 51.7. The Hall–Kier alpha value is -0.810. The van der Waals surface area contributed by atoms with Crippen molar-refractivity contribution in [1.29, 1.82) is 0 Å². The third-order valence-electron chi connectivity index (χ3n) is 7.87. The predicted molar refractivity (Wildman–Crippen MR) is 90.4 cm³/mol. The Balaban J connectivity index is 1.64. The minimum atomic E-state index is -0.794. The van der Waals surface area contributed by atoms with Gasteiger partial charge in [-0.15, -0.1) is 5.92 Å². The van der Waals surface area contributed by atoms with Crippen molar-refractivity contribution < 1.29 is 9.50 Å². The lowest BCUT2D eigenvalue weighted by Gasteiger charge is -2.54. The summed E-state index contributed by atoms with van der Waals surface area (Å²) in [4.78, 5) is 0. The third kappa shape index (κ3) is 2.15. The fourth-order valence-corrected chi connectivity index (χ4v) is 6.65. The quantitative estimate of drug-likeness (QED) is 0.509. The molecule has 4 aliphatic carbocycles. The number of aliphatic hydroxyl groups is 1. The maximum absolute atomic E-state index is 13.8. The van der Waals surface area contributed by atoms with Crippen LogP contribution in [0.3, 0.4) is 0 Å². The van der Waals surface area contributed by atoms with Crippen LogP contribution in [0, 0.1) is 40.9 Å². The molecule has 0 spiro atoms. The van der Waals surface area contributed by atoms with Gasteiger partial charge in [0.05, 0.1) is 0 Å². The monoisotopic (exact) mass is 316 g/mol. The van der Waals surface area contributed by atoms with Crippen molar-refractivity contribution in [3.05, 3.63) is 11.6 Å². The van der Waals surface area contributed by atoms with Gasteiger partial charge in [0, 0.05) is 5.41 Å². The molecule has 7 atom stereocenters. The predicted octanol–water partition coefficient (Wildman–Crippen LogP) is 4.65. The van der Waals surface area contributed by atoms with Crippen molar-refractivity contribution in [2.75, 3.05) is 0 Å². The van der Waals surface area contributed by atoms with E-state index in [1.165, 1.54) is 12.0 Å². The molecule has 1 unspecified atom stereocenters. The van der Waals surface area contributed by atoms with Gasteiger partial charge < -0.3 is 5.11 Å². The third-order valence-corrected chi connectivity index (χ3v) is 7.87. The smallest absolute Gasteiger partial charge is 0.131 e. The molecule has 0 heterocycles. The van der Waals surface area contributed by atoms with Gasteiger partial charge in [-0.1, -0.05) is 24.5 Å². The van der Waals surface area contributed by atoms with E-state index in [1.807, 2.05) is 6.92 Å². The van der Waals surface area contributed by atoms with Gasteiger partial charge in [-0.3, -0.25) is 0 Å². The van der Waals surface area contributed by atoms with Gasteiger partial charge >= 0.3 is 0 Å². The molecule has 1 N–H and O–H groups in total. The molecule has 0 amide bonds. The number of halogens is 1. The molecule has 4 rings (SSSR count). The van der Waals surface area contributed by atoms with E-state index in [4.69, 9.17) is 0 Å². The van der Waals surface area contributed by atoms with E-state index in [0.29, 0.717) is 24.2 Å². The first-order valence-corrected chi connectivity index (χ1v) is 9.48. The van der Waals surface area contributed by atoms with Gasteiger partial charge in [-0.2, -0.15) is 0 Å². The molecular weight excluding hydrogens is 287 g/mol. The van der Waals surface area contributed by atoms with Crippen molar-refractivity contribution in [3.63, 3.8) is 0 Å². The minimum absolute atomic E-state index is 0.0557. The standard InChI is InChI=1S/C21H29FO/c1-3-10-21(23)12-9-19-18-6-4-14-13-15(22)5-7-16(14)17(18)8-11-20(19,21)2/h4,15-19,23H,5-9,11-13H2,1-2H3/t15?,16-,17+,18+,19-,20-,21-/m0/s1. The van der Waals surface area contributed by atoms with E-state index < -0.39 is 11.8 Å². The lowest BCUT2D eigenvalue weighted by atomic mass is 9.51. The molecule has 0 bridgehead atoms. The Bertz CT molecular complexity index is 584. The van der Waals surface area contributed by atoms with Crippen molar-refractivity contribution in [2.45, 2.75) is 77.0 Å². The zero-order valence-corrected chi connectivity index (χ0v) is 14.4. The van der Waals surface area contributed by atoms with Crippen molar-refractivity contribution in [1.82, 2.24) is 0 Å². The van der Waals surface area contributed by atoms with Crippen LogP contribution < -0.4 is 0 Å². The van der Waals surface area contributed by atoms with E-state index in [-0.39, 0.29) is 5.41 Å². The summed E-state index contributed by atoms with van der Waals surface area (Å²) in [5, 5.41) is 11.2. The van der Waals surface area contributed by atoms with Crippen molar-refractivity contribution >= 4 is 0 Å². The van der Waals surface area contributed by atoms with Gasteiger partial charge in [0.2, 0.25) is 0 Å². The minimum Gasteiger partial charge on any atom is -0.377 e. The van der Waals surface area contributed by atoms with Crippen LogP contribution in [0.2, 0.25) is 0 Å². The molecule has 0 aromatic rings. The molecule has 4 aliphatic rings. The summed E-state index contributed by atoms with van der Waals surface area (Å²) in [5.41, 5.74) is 0.563. The number of hydrogen-bond donors (Lipinski definition) is 1. The second kappa shape index (κ2) is 5.35. The lowest BCUT2D eigenvalue weighted by molar-refractivity contribution is -0.0821. The summed E-state index contributed by atoms with van der Waals surface area (Å²) in [5.74, 6) is 8.73. The number of fused-ring (bicyclic) bond motifs is 5. The van der Waals surface area contributed by atoms with Gasteiger partial charge in [0.25, 0.3) is 0 Å². The molecule has 23 heavy (non-hydrogen) atoms. The molecule has 2 heteroatoms. The fraction of sp³-hybridized carbons (Fsp3) is 0.810. The van der Waals surface area contributed by atoms with Crippen molar-refractivity contribution in [2.24, 2.45) is 29.1 Å². The second-order valence-electron chi connectivity index (χ2n) is 8.66. The molecule has 0 aromatic carbocycles. The van der Waals surface area contributed by atoms with E-state index in [0.717, 1.165) is 44.4 Å². The first-order valence-electron chi connectivity index (χ1n) is 9.48. The van der Waals surface area contributed by atoms with E-state index in [1.54, 1.807) is 0 Å². The number of rotatable bonds is 0. The maximum atomic E-state index is 13.8. The highest BCUT2D eigenvalue weighted by atomic mass is 19.1. The highest BCUT2D eigenvalue weighted by Crippen LogP contribution is 2.64. The van der Waals surface area contributed by atoms with Crippen LogP contribution in [-0.2, 0) is 0 Å². The average Bonchev–Trinajstić information content (AvgIpc) is 2.79. The Morgan fingerprint density at radius 1 is 1.17 bits per heavy atom. The van der Waals surface area contributed by atoms with Gasteiger partial charge in [-0.25, -0.2) is 4.39 Å². The van der Waals surface area contributed by atoms with Crippen LogP contribution in [0.15, 0.2) is 11.6 Å². The van der Waals surface area contributed by atoms with Gasteiger partial charge in [-0.05, 0) is 82.0 Å². The van der Waals surface area contributed by atoms with E-state index >= 15 is 0 Å². The molecule has 0 saturated heterocycles. The maximum Gasteiger partial charge on any atom is 0.131 e. The fourth-order valence-electron chi connectivity index (χ4n) is 6.65. The molecule has 0 aromatic heterocycles. The van der Waals surface area contributed by atoms with Crippen LogP contribution in [-0.4, -0.2) is 16.9 Å². The molecule has 3 saturated carbocycles. The Morgan fingerprint density at radius 2 is 2.00 bits per heavy atom. The first kappa shape index (κ1) is 15.7. The highest BCUT2D eigenvalue weighted by molar-refractivity contribution is 5.27. The second-order valence-corrected chi connectivity index (χ2v) is 8.66. The van der Waals surface area contributed by atoms with Crippen LogP contribution >= 0.6 is 0 Å². The zero-order chi connectivity index (χ0) is 16.2. The molecule has 1 nitrogen and oxygen atoms in total. The molecular formula is C21H29FO. The number of alkyl halides is 1. The Morgan fingerprint density at radius 3 is 2.78 bits per heavy atom. The van der Waals surface area contributed by atoms with E-state index in [2.05, 4.69) is 24.8 Å². The Kier molecular flexibility index (Phi) is 3.65. The van der Waals surface area contributed by atoms with E-state index in [9.17, 15) is 9.50 Å². The number of allylic oxidation sites excluding steroid dienone is 2. The summed E-state index contributed by atoms with van der Waals surface area (Å²) in [6.07, 6.45) is 9.51. The van der Waals surface area contributed by atoms with Crippen LogP contribution in [0.5, 0.6) is 0 Å². The first-order chi connectivity index (χ1) is 11.0. The molecule has 126 valence electrons. The summed E-state index contributed by atoms with van der Waals surface area (Å²) in [7, 11) is 0. The van der Waals surface area contributed by atoms with Crippen LogP contribution in [0.1, 0.15) is 65.2 Å². The molecule has 0 aliphatic heterocycles. The molecule has 0 radical (unpaired) electrons. The van der Waals surface area contributed by atoms with Crippen molar-refractivity contribution in [3.8, 4) is 11.8 Å². The van der Waals surface area contributed by atoms with Crippen LogP contribution in [0.25, 0.3) is 0 Å². The van der Waals surface area contributed by atoms with Gasteiger partial charge in [0.15, 0.2) is 0 Å². The zero-order valence-electron chi connectivity index (χ0n) is 14.4. The van der Waals surface area contributed by atoms with Crippen LogP contribution in [0.4, 0.5) is 4.39 Å². The summed E-state index contributed by atoms with van der Waals surface area (Å²) in [6.45, 7) is 4.12. The summed E-state index contributed by atoms with van der Waals surface area (Å²) in [6, 6.07) is 0. The summed E-state index contributed by atoms with van der Waals surface area (Å²) < 4.78 is 13.8. The van der Waals surface area contributed by atoms with Gasteiger partial charge in [0.1, 0.15) is 11.8 Å². The SMILES string of the molecule is CC#C[C@]1(O)CC[C@H]2[C@@H]3CC=C4CC(F)CC[C@@H]4[C@H]3CC[C@@]21C. The average molecular weight is 316 g/mol. The highest BCUT2D eigenvalue weighted by Gasteiger charge is 2.61. The largest absolute Gasteiger partial charge is 0.377 e. The molecule has 3 fully saturated rings.